The van der Waals surface area contributed by atoms with Crippen LogP contribution in [0.25, 0.3) is 0 Å². The summed E-state index contributed by atoms with van der Waals surface area (Å²) in [6, 6.07) is -0.490. The average Bonchev–Trinajstić information content (AvgIpc) is 2.48. The van der Waals surface area contributed by atoms with Gasteiger partial charge < -0.3 is 20.2 Å². The quantitative estimate of drug-likeness (QED) is 0.814. The van der Waals surface area contributed by atoms with E-state index in [2.05, 4.69) is 10.2 Å². The molecule has 0 bridgehead atoms. The molecule has 6 nitrogen and oxygen atoms in total. The largest absolute Gasteiger partial charge is 0.480 e. The van der Waals surface area contributed by atoms with Crippen LogP contribution >= 0.6 is 0 Å². The van der Waals surface area contributed by atoms with Crippen molar-refractivity contribution in [1.29, 1.82) is 0 Å². The SMILES string of the molecule is C[C@H](NC(=O)N1CCC(N2CCCCC2)CC1)C(=O)O. The molecule has 114 valence electrons. The Labute approximate surface area is 120 Å². The minimum atomic E-state index is -0.999. The van der Waals surface area contributed by atoms with Crippen molar-refractivity contribution < 1.29 is 14.7 Å². The maximum Gasteiger partial charge on any atom is 0.325 e. The number of carbonyl (C=O) groups excluding carboxylic acids is 1. The highest BCUT2D eigenvalue weighted by Gasteiger charge is 2.28. The summed E-state index contributed by atoms with van der Waals surface area (Å²) < 4.78 is 0. The van der Waals surface area contributed by atoms with Gasteiger partial charge in [-0.1, -0.05) is 6.42 Å². The van der Waals surface area contributed by atoms with Crippen molar-refractivity contribution in [3.8, 4) is 0 Å². The molecule has 0 aromatic heterocycles. The summed E-state index contributed by atoms with van der Waals surface area (Å²) in [5.41, 5.74) is 0. The third-order valence-electron chi connectivity index (χ3n) is 4.37. The Hall–Kier alpha value is -1.30. The van der Waals surface area contributed by atoms with Gasteiger partial charge in [0.1, 0.15) is 6.04 Å². The van der Waals surface area contributed by atoms with Crippen molar-refractivity contribution >= 4 is 12.0 Å². The van der Waals surface area contributed by atoms with E-state index in [4.69, 9.17) is 5.11 Å². The first-order valence-corrected chi connectivity index (χ1v) is 7.60. The molecule has 1 atom stereocenters. The number of amides is 2. The van der Waals surface area contributed by atoms with Gasteiger partial charge in [0, 0.05) is 19.1 Å². The average molecular weight is 283 g/mol. The maximum atomic E-state index is 11.9. The van der Waals surface area contributed by atoms with Gasteiger partial charge >= 0.3 is 12.0 Å². The summed E-state index contributed by atoms with van der Waals surface area (Å²) in [5, 5.41) is 11.3. The van der Waals surface area contributed by atoms with E-state index < -0.39 is 12.0 Å². The third-order valence-corrected chi connectivity index (χ3v) is 4.37. The summed E-state index contributed by atoms with van der Waals surface area (Å²) in [4.78, 5) is 27.0. The van der Waals surface area contributed by atoms with Gasteiger partial charge in [-0.25, -0.2) is 4.79 Å². The van der Waals surface area contributed by atoms with Crippen molar-refractivity contribution in [2.24, 2.45) is 0 Å². The zero-order valence-electron chi connectivity index (χ0n) is 12.2. The molecule has 2 heterocycles. The number of carboxylic acid groups (broad SMARTS) is 1. The number of rotatable bonds is 3. The van der Waals surface area contributed by atoms with Gasteiger partial charge in [0.05, 0.1) is 0 Å². The summed E-state index contributed by atoms with van der Waals surface area (Å²) in [6.45, 7) is 5.30. The molecule has 0 unspecified atom stereocenters. The van der Waals surface area contributed by atoms with Crippen LogP contribution in [0.3, 0.4) is 0 Å². The highest BCUT2D eigenvalue weighted by molar-refractivity contribution is 5.82. The molecule has 0 spiro atoms. The van der Waals surface area contributed by atoms with Crippen molar-refractivity contribution in [1.82, 2.24) is 15.1 Å². The smallest absolute Gasteiger partial charge is 0.325 e. The van der Waals surface area contributed by atoms with E-state index in [0.29, 0.717) is 6.04 Å². The standard InChI is InChI=1S/C14H25N3O3/c1-11(13(18)19)15-14(20)17-9-5-12(6-10-17)16-7-3-2-4-8-16/h11-12H,2-10H2,1H3,(H,15,20)(H,18,19)/t11-/m0/s1. The van der Waals surface area contributed by atoms with E-state index in [1.54, 1.807) is 4.90 Å². The topological polar surface area (TPSA) is 72.9 Å². The molecular weight excluding hydrogens is 258 g/mol. The minimum absolute atomic E-state index is 0.253. The fraction of sp³-hybridized carbons (Fsp3) is 0.857. The number of hydrogen-bond acceptors (Lipinski definition) is 3. The summed E-state index contributed by atoms with van der Waals surface area (Å²) in [6.07, 6.45) is 5.90. The van der Waals surface area contributed by atoms with E-state index in [1.807, 2.05) is 0 Å². The molecule has 0 aromatic rings. The lowest BCUT2D eigenvalue weighted by Crippen LogP contribution is -2.52. The Morgan fingerprint density at radius 1 is 1.10 bits per heavy atom. The number of nitrogens with one attached hydrogen (secondary N) is 1. The maximum absolute atomic E-state index is 11.9. The normalized spacial score (nSPS) is 23.4. The fourth-order valence-corrected chi connectivity index (χ4v) is 3.06. The molecular formula is C14H25N3O3. The van der Waals surface area contributed by atoms with E-state index in [0.717, 1.165) is 25.9 Å². The van der Waals surface area contributed by atoms with E-state index in [1.165, 1.54) is 39.3 Å². The zero-order valence-corrected chi connectivity index (χ0v) is 12.2. The minimum Gasteiger partial charge on any atom is -0.480 e. The number of carbonyl (C=O) groups is 2. The Bertz CT molecular complexity index is 348. The van der Waals surface area contributed by atoms with Crippen LogP contribution in [0.4, 0.5) is 4.79 Å². The van der Waals surface area contributed by atoms with Crippen molar-refractivity contribution in [3.05, 3.63) is 0 Å². The van der Waals surface area contributed by atoms with Crippen LogP contribution in [-0.2, 0) is 4.79 Å². The molecule has 0 aromatic carbocycles. The lowest BCUT2D eigenvalue weighted by Gasteiger charge is -2.40. The first-order valence-electron chi connectivity index (χ1n) is 7.60. The number of aliphatic carboxylic acids is 1. The van der Waals surface area contributed by atoms with Crippen LogP contribution in [0.15, 0.2) is 0 Å². The molecule has 0 saturated carbocycles. The van der Waals surface area contributed by atoms with Gasteiger partial charge in [0.15, 0.2) is 0 Å². The lowest BCUT2D eigenvalue weighted by molar-refractivity contribution is -0.138. The first kappa shape index (κ1) is 15.1. The molecule has 2 fully saturated rings. The predicted molar refractivity (Wildman–Crippen MR) is 75.6 cm³/mol. The highest BCUT2D eigenvalue weighted by atomic mass is 16.4. The van der Waals surface area contributed by atoms with Crippen molar-refractivity contribution in [3.63, 3.8) is 0 Å². The van der Waals surface area contributed by atoms with Gasteiger partial charge in [-0.3, -0.25) is 4.79 Å². The number of piperidine rings is 2. The van der Waals surface area contributed by atoms with Gasteiger partial charge in [-0.15, -0.1) is 0 Å². The lowest BCUT2D eigenvalue weighted by atomic mass is 10.00. The molecule has 2 aliphatic rings. The molecule has 2 rings (SSSR count). The second kappa shape index (κ2) is 6.92. The second-order valence-electron chi connectivity index (χ2n) is 5.82. The van der Waals surface area contributed by atoms with Crippen LogP contribution in [0, 0.1) is 0 Å². The predicted octanol–water partition coefficient (Wildman–Crippen LogP) is 1.12. The number of likely N-dealkylation sites (tertiary alicyclic amines) is 2. The van der Waals surface area contributed by atoms with Crippen LogP contribution in [0.2, 0.25) is 0 Å². The van der Waals surface area contributed by atoms with Gasteiger partial charge in [-0.2, -0.15) is 0 Å². The Kier molecular flexibility index (Phi) is 5.23. The molecule has 0 radical (unpaired) electrons. The number of nitrogens with zero attached hydrogens (tertiary/aromatic N) is 2. The third kappa shape index (κ3) is 3.85. The van der Waals surface area contributed by atoms with E-state index >= 15 is 0 Å². The van der Waals surface area contributed by atoms with Crippen LogP contribution in [0.1, 0.15) is 39.0 Å². The van der Waals surface area contributed by atoms with E-state index in [9.17, 15) is 9.59 Å². The summed E-state index contributed by atoms with van der Waals surface area (Å²) in [5.74, 6) is -0.999. The van der Waals surface area contributed by atoms with Crippen LogP contribution in [-0.4, -0.2) is 65.2 Å². The summed E-state index contributed by atoms with van der Waals surface area (Å²) >= 11 is 0. The highest BCUT2D eigenvalue weighted by Crippen LogP contribution is 2.20. The monoisotopic (exact) mass is 283 g/mol. The van der Waals surface area contributed by atoms with Gasteiger partial charge in [0.25, 0.3) is 0 Å². The van der Waals surface area contributed by atoms with Gasteiger partial charge in [-0.05, 0) is 45.7 Å². The Morgan fingerprint density at radius 3 is 2.25 bits per heavy atom. The fourth-order valence-electron chi connectivity index (χ4n) is 3.06. The van der Waals surface area contributed by atoms with Gasteiger partial charge in [0.2, 0.25) is 0 Å². The first-order chi connectivity index (χ1) is 9.58. The zero-order chi connectivity index (χ0) is 14.5. The summed E-state index contributed by atoms with van der Waals surface area (Å²) in [7, 11) is 0. The number of urea groups is 1. The van der Waals surface area contributed by atoms with Crippen molar-refractivity contribution in [2.75, 3.05) is 26.2 Å². The number of carboxylic acids is 1. The van der Waals surface area contributed by atoms with Crippen LogP contribution < -0.4 is 5.32 Å². The molecule has 2 saturated heterocycles. The Morgan fingerprint density at radius 2 is 1.70 bits per heavy atom. The molecule has 0 aliphatic carbocycles. The number of hydrogen-bond donors (Lipinski definition) is 2. The molecule has 2 aliphatic heterocycles. The molecule has 2 amide bonds. The Balaban J connectivity index is 1.75. The van der Waals surface area contributed by atoms with E-state index in [-0.39, 0.29) is 6.03 Å². The second-order valence-corrected chi connectivity index (χ2v) is 5.82. The van der Waals surface area contributed by atoms with Crippen LogP contribution in [0.5, 0.6) is 0 Å². The molecule has 6 heteroatoms. The molecule has 2 N–H and O–H groups in total. The van der Waals surface area contributed by atoms with Crippen molar-refractivity contribution in [2.45, 2.75) is 51.1 Å². The molecule has 20 heavy (non-hydrogen) atoms.